The highest BCUT2D eigenvalue weighted by molar-refractivity contribution is 6.32. The molecule has 4 nitrogen and oxygen atoms in total. The number of nitriles is 1. The Bertz CT molecular complexity index is 738. The number of quaternary nitrogens is 1. The summed E-state index contributed by atoms with van der Waals surface area (Å²) in [7, 11) is 0. The molecule has 0 fully saturated rings. The first-order valence-electron chi connectivity index (χ1n) is 7.89. The van der Waals surface area contributed by atoms with E-state index in [-0.39, 0.29) is 11.9 Å². The van der Waals surface area contributed by atoms with Crippen molar-refractivity contribution in [3.8, 4) is 6.07 Å². The first-order chi connectivity index (χ1) is 11.5. The minimum Gasteiger partial charge on any atom is -0.332 e. The van der Waals surface area contributed by atoms with Crippen molar-refractivity contribution in [1.29, 1.82) is 5.26 Å². The van der Waals surface area contributed by atoms with E-state index in [2.05, 4.69) is 31.3 Å². The molecule has 0 heterocycles. The van der Waals surface area contributed by atoms with Crippen molar-refractivity contribution in [2.75, 3.05) is 11.9 Å². The fourth-order valence-electron chi connectivity index (χ4n) is 2.60. The Morgan fingerprint density at radius 1 is 1.25 bits per heavy atom. The van der Waals surface area contributed by atoms with Crippen LogP contribution in [0.3, 0.4) is 0 Å². The molecule has 1 atom stereocenters. The largest absolute Gasteiger partial charge is 0.332 e. The first kappa shape index (κ1) is 18.0. The van der Waals surface area contributed by atoms with Crippen molar-refractivity contribution in [1.82, 2.24) is 0 Å². The van der Waals surface area contributed by atoms with Crippen LogP contribution < -0.4 is 10.6 Å². The van der Waals surface area contributed by atoms with Gasteiger partial charge < -0.3 is 10.6 Å². The van der Waals surface area contributed by atoms with Gasteiger partial charge in [-0.15, -0.1) is 0 Å². The van der Waals surface area contributed by atoms with Gasteiger partial charge in [0.15, 0.2) is 6.54 Å². The van der Waals surface area contributed by atoms with Crippen LogP contribution in [0.1, 0.15) is 31.0 Å². The number of anilines is 1. The van der Waals surface area contributed by atoms with Gasteiger partial charge in [0.1, 0.15) is 12.1 Å². The maximum absolute atomic E-state index is 12.2. The van der Waals surface area contributed by atoms with Crippen LogP contribution in [-0.4, -0.2) is 12.5 Å². The van der Waals surface area contributed by atoms with Gasteiger partial charge in [-0.3, -0.25) is 4.79 Å². The van der Waals surface area contributed by atoms with Crippen LogP contribution in [0.2, 0.25) is 5.02 Å². The normalized spacial score (nSPS) is 11.8. The van der Waals surface area contributed by atoms with Crippen molar-refractivity contribution >= 4 is 23.2 Å². The summed E-state index contributed by atoms with van der Waals surface area (Å²) >= 11 is 5.98. The van der Waals surface area contributed by atoms with Gasteiger partial charge in [0.25, 0.3) is 5.91 Å². The number of nitrogens with zero attached hydrogens (tertiary/aromatic N) is 1. The lowest BCUT2D eigenvalue weighted by Gasteiger charge is -2.19. The van der Waals surface area contributed by atoms with Crippen LogP contribution in [0.4, 0.5) is 5.69 Å². The molecular weight excluding hydrogens is 322 g/mol. The Morgan fingerprint density at radius 2 is 1.96 bits per heavy atom. The fraction of sp³-hybridized carbons (Fsp3) is 0.263. The molecule has 0 aliphatic rings. The summed E-state index contributed by atoms with van der Waals surface area (Å²) in [6.07, 6.45) is 0. The Hall–Kier alpha value is -2.35. The molecule has 0 aliphatic heterocycles. The smallest absolute Gasteiger partial charge is 0.279 e. The molecule has 0 radical (unpaired) electrons. The second-order valence-electron chi connectivity index (χ2n) is 5.97. The standard InChI is InChI=1S/C19H20ClN3O/c1-13(2)19(14-6-4-3-5-7-14)22-12-18(24)23-16-9-8-15(11-21)17(20)10-16/h3-10,13,19,22H,12H2,1-2H3,(H,23,24)/p+1/t19-/m1/s1. The molecule has 2 aromatic rings. The lowest BCUT2D eigenvalue weighted by molar-refractivity contribution is -0.692. The van der Waals surface area contributed by atoms with Crippen molar-refractivity contribution in [3.63, 3.8) is 0 Å². The van der Waals surface area contributed by atoms with Crippen LogP contribution >= 0.6 is 11.6 Å². The fourth-order valence-corrected chi connectivity index (χ4v) is 2.82. The van der Waals surface area contributed by atoms with Gasteiger partial charge in [-0.05, 0) is 18.2 Å². The minimum atomic E-state index is -0.0997. The van der Waals surface area contributed by atoms with Gasteiger partial charge in [-0.25, -0.2) is 0 Å². The number of benzene rings is 2. The number of nitrogens with two attached hydrogens (primary N) is 1. The molecule has 0 saturated heterocycles. The third kappa shape index (κ3) is 4.82. The summed E-state index contributed by atoms with van der Waals surface area (Å²) in [6, 6.07) is 17.3. The van der Waals surface area contributed by atoms with E-state index in [0.29, 0.717) is 28.7 Å². The van der Waals surface area contributed by atoms with Crippen LogP contribution in [0, 0.1) is 17.2 Å². The average molecular weight is 343 g/mol. The SMILES string of the molecule is CC(C)[C@@H]([NH2+]CC(=O)Nc1ccc(C#N)c(Cl)c1)c1ccccc1. The number of hydrogen-bond acceptors (Lipinski definition) is 2. The summed E-state index contributed by atoms with van der Waals surface area (Å²) in [5.74, 6) is 0.307. The summed E-state index contributed by atoms with van der Waals surface area (Å²) in [6.45, 7) is 4.61. The number of rotatable bonds is 6. The van der Waals surface area contributed by atoms with Crippen LogP contribution in [0.25, 0.3) is 0 Å². The summed E-state index contributed by atoms with van der Waals surface area (Å²) in [5.41, 5.74) is 2.20. The van der Waals surface area contributed by atoms with E-state index in [4.69, 9.17) is 16.9 Å². The molecule has 0 unspecified atom stereocenters. The maximum atomic E-state index is 12.2. The van der Waals surface area contributed by atoms with Crippen LogP contribution in [0.5, 0.6) is 0 Å². The molecule has 3 N–H and O–H groups in total. The number of halogens is 1. The molecule has 0 saturated carbocycles. The van der Waals surface area contributed by atoms with E-state index >= 15 is 0 Å². The zero-order valence-electron chi connectivity index (χ0n) is 13.8. The zero-order valence-corrected chi connectivity index (χ0v) is 14.5. The predicted octanol–water partition coefficient (Wildman–Crippen LogP) is 3.11. The van der Waals surface area contributed by atoms with E-state index < -0.39 is 0 Å². The highest BCUT2D eigenvalue weighted by Crippen LogP contribution is 2.20. The summed E-state index contributed by atoms with van der Waals surface area (Å²) in [5, 5.41) is 14.1. The van der Waals surface area contributed by atoms with E-state index in [1.54, 1.807) is 18.2 Å². The average Bonchev–Trinajstić information content (AvgIpc) is 2.56. The number of carbonyl (C=O) groups is 1. The molecule has 1 amide bonds. The second-order valence-corrected chi connectivity index (χ2v) is 6.38. The lowest BCUT2D eigenvalue weighted by Crippen LogP contribution is -2.88. The Labute approximate surface area is 147 Å². The van der Waals surface area contributed by atoms with Crippen molar-refractivity contribution in [3.05, 3.63) is 64.7 Å². The Morgan fingerprint density at radius 3 is 2.54 bits per heavy atom. The topological polar surface area (TPSA) is 69.5 Å². The third-order valence-corrected chi connectivity index (χ3v) is 4.15. The van der Waals surface area contributed by atoms with Crippen molar-refractivity contribution < 1.29 is 10.1 Å². The summed E-state index contributed by atoms with van der Waals surface area (Å²) < 4.78 is 0. The molecular formula is C19H21ClN3O+. The quantitative estimate of drug-likeness (QED) is 0.846. The lowest BCUT2D eigenvalue weighted by atomic mass is 9.96. The molecule has 0 spiro atoms. The molecule has 0 aromatic heterocycles. The number of amides is 1. The molecule has 5 heteroatoms. The highest BCUT2D eigenvalue weighted by Gasteiger charge is 2.20. The molecule has 2 aromatic carbocycles. The number of carbonyl (C=O) groups excluding carboxylic acids is 1. The molecule has 24 heavy (non-hydrogen) atoms. The van der Waals surface area contributed by atoms with E-state index in [9.17, 15) is 4.79 Å². The van der Waals surface area contributed by atoms with E-state index in [1.807, 2.05) is 29.6 Å². The third-order valence-electron chi connectivity index (χ3n) is 3.83. The van der Waals surface area contributed by atoms with Crippen LogP contribution in [0.15, 0.2) is 48.5 Å². The zero-order chi connectivity index (χ0) is 17.5. The Balaban J connectivity index is 1.97. The van der Waals surface area contributed by atoms with E-state index in [0.717, 1.165) is 0 Å². The highest BCUT2D eigenvalue weighted by atomic mass is 35.5. The Kier molecular flexibility index (Phi) is 6.36. The van der Waals surface area contributed by atoms with Gasteiger partial charge >= 0.3 is 0 Å². The van der Waals surface area contributed by atoms with Crippen LogP contribution in [-0.2, 0) is 4.79 Å². The monoisotopic (exact) mass is 342 g/mol. The first-order valence-corrected chi connectivity index (χ1v) is 8.27. The van der Waals surface area contributed by atoms with Gasteiger partial charge in [-0.2, -0.15) is 5.26 Å². The van der Waals surface area contributed by atoms with Crippen molar-refractivity contribution in [2.24, 2.45) is 5.92 Å². The predicted molar refractivity (Wildman–Crippen MR) is 95.6 cm³/mol. The molecule has 2 rings (SSSR count). The maximum Gasteiger partial charge on any atom is 0.279 e. The van der Waals surface area contributed by atoms with Gasteiger partial charge in [-0.1, -0.05) is 55.8 Å². The van der Waals surface area contributed by atoms with Gasteiger partial charge in [0.05, 0.1) is 10.6 Å². The van der Waals surface area contributed by atoms with Gasteiger partial charge in [0, 0.05) is 17.2 Å². The minimum absolute atomic E-state index is 0.0997. The molecule has 0 bridgehead atoms. The summed E-state index contributed by atoms with van der Waals surface area (Å²) in [4.78, 5) is 12.2. The molecule has 124 valence electrons. The molecule has 0 aliphatic carbocycles. The van der Waals surface area contributed by atoms with Crippen molar-refractivity contribution in [2.45, 2.75) is 19.9 Å². The van der Waals surface area contributed by atoms with Gasteiger partial charge in [0.2, 0.25) is 0 Å². The number of hydrogen-bond donors (Lipinski definition) is 2. The second kappa shape index (κ2) is 8.49. The number of nitrogens with one attached hydrogen (secondary N) is 1. The van der Waals surface area contributed by atoms with E-state index in [1.165, 1.54) is 5.56 Å².